The first-order valence-electron chi connectivity index (χ1n) is 7.26. The summed E-state index contributed by atoms with van der Waals surface area (Å²) in [7, 11) is 0. The van der Waals surface area contributed by atoms with Crippen molar-refractivity contribution in [2.24, 2.45) is 11.1 Å². The highest BCUT2D eigenvalue weighted by atomic mass is 35.5. The molecule has 1 aromatic carbocycles. The van der Waals surface area contributed by atoms with Gasteiger partial charge in [0.1, 0.15) is 0 Å². The molecule has 0 aliphatic rings. The lowest BCUT2D eigenvalue weighted by Crippen LogP contribution is -2.42. The van der Waals surface area contributed by atoms with Gasteiger partial charge in [-0.1, -0.05) is 38.4 Å². The maximum atomic E-state index is 12.2. The number of carbonyl (C=O) groups is 1. The molecule has 1 aromatic rings. The molecule has 1 amide bonds. The van der Waals surface area contributed by atoms with E-state index in [4.69, 9.17) is 17.3 Å². The Morgan fingerprint density at radius 2 is 2.10 bits per heavy atom. The van der Waals surface area contributed by atoms with Crippen molar-refractivity contribution in [3.8, 4) is 0 Å². The van der Waals surface area contributed by atoms with Gasteiger partial charge in [0, 0.05) is 17.3 Å². The zero-order chi connectivity index (χ0) is 16.0. The van der Waals surface area contributed by atoms with Crippen molar-refractivity contribution in [3.63, 3.8) is 0 Å². The molecule has 0 unspecified atom stereocenters. The molecule has 0 saturated heterocycles. The van der Waals surface area contributed by atoms with Crippen molar-refractivity contribution in [3.05, 3.63) is 28.8 Å². The highest BCUT2D eigenvalue weighted by Gasteiger charge is 2.21. The van der Waals surface area contributed by atoms with Crippen molar-refractivity contribution in [1.29, 1.82) is 0 Å². The van der Waals surface area contributed by atoms with Crippen LogP contribution < -0.4 is 11.1 Å². The summed E-state index contributed by atoms with van der Waals surface area (Å²) in [5.41, 5.74) is 7.41. The molecule has 0 aliphatic heterocycles. The fourth-order valence-corrected chi connectivity index (χ4v) is 2.26. The number of carbonyl (C=O) groups excluding carboxylic acids is 1. The van der Waals surface area contributed by atoms with Crippen molar-refractivity contribution >= 4 is 23.2 Å². The van der Waals surface area contributed by atoms with Crippen LogP contribution in [0.5, 0.6) is 0 Å². The Balaban J connectivity index is 2.65. The maximum Gasteiger partial charge on any atom is 0.238 e. The molecule has 0 bridgehead atoms. The van der Waals surface area contributed by atoms with E-state index in [1.54, 1.807) is 0 Å². The minimum atomic E-state index is -0.0324. The molecule has 118 valence electrons. The standard InChI is InChI=1S/C16H26ClN3O/c1-5-20(11-16(3,4)10-18)9-15(21)19-14-8-6-7-13(17)12(14)2/h6-8H,5,9-11,18H2,1-4H3,(H,19,21). The maximum absolute atomic E-state index is 12.2. The van der Waals surface area contributed by atoms with Gasteiger partial charge in [-0.15, -0.1) is 0 Å². The zero-order valence-electron chi connectivity index (χ0n) is 13.4. The van der Waals surface area contributed by atoms with Crippen LogP contribution in [0.15, 0.2) is 18.2 Å². The lowest BCUT2D eigenvalue weighted by Gasteiger charge is -2.30. The number of nitrogens with two attached hydrogens (primary N) is 1. The molecule has 0 fully saturated rings. The monoisotopic (exact) mass is 311 g/mol. The number of hydrogen-bond acceptors (Lipinski definition) is 3. The van der Waals surface area contributed by atoms with Gasteiger partial charge in [0.2, 0.25) is 5.91 Å². The molecule has 0 saturated carbocycles. The van der Waals surface area contributed by atoms with Gasteiger partial charge in [0.15, 0.2) is 0 Å². The summed E-state index contributed by atoms with van der Waals surface area (Å²) in [6, 6.07) is 5.51. The highest BCUT2D eigenvalue weighted by molar-refractivity contribution is 6.31. The molecule has 0 spiro atoms. The average molecular weight is 312 g/mol. The smallest absolute Gasteiger partial charge is 0.238 e. The number of anilines is 1. The Morgan fingerprint density at radius 3 is 2.67 bits per heavy atom. The molecular weight excluding hydrogens is 286 g/mol. The second-order valence-electron chi connectivity index (χ2n) is 6.13. The number of hydrogen-bond donors (Lipinski definition) is 2. The number of nitrogens with one attached hydrogen (secondary N) is 1. The zero-order valence-corrected chi connectivity index (χ0v) is 14.1. The number of amides is 1. The first-order valence-corrected chi connectivity index (χ1v) is 7.64. The fourth-order valence-electron chi connectivity index (χ4n) is 2.09. The highest BCUT2D eigenvalue weighted by Crippen LogP contribution is 2.23. The summed E-state index contributed by atoms with van der Waals surface area (Å²) in [6.07, 6.45) is 0. The van der Waals surface area contributed by atoms with Crippen LogP contribution in [0.4, 0.5) is 5.69 Å². The summed E-state index contributed by atoms with van der Waals surface area (Å²) >= 11 is 6.06. The Morgan fingerprint density at radius 1 is 1.43 bits per heavy atom. The van der Waals surface area contributed by atoms with E-state index in [-0.39, 0.29) is 11.3 Å². The Labute approximate surface area is 132 Å². The fraction of sp³-hybridized carbons (Fsp3) is 0.562. The number of halogens is 1. The van der Waals surface area contributed by atoms with Gasteiger partial charge in [-0.05, 0) is 43.1 Å². The van der Waals surface area contributed by atoms with E-state index in [1.165, 1.54) is 0 Å². The predicted molar refractivity (Wildman–Crippen MR) is 89.8 cm³/mol. The molecule has 0 radical (unpaired) electrons. The third kappa shape index (κ3) is 5.65. The van der Waals surface area contributed by atoms with Gasteiger partial charge in [0.05, 0.1) is 6.54 Å². The molecule has 0 aliphatic carbocycles. The second-order valence-corrected chi connectivity index (χ2v) is 6.54. The quantitative estimate of drug-likeness (QED) is 0.814. The molecule has 4 nitrogen and oxygen atoms in total. The van der Waals surface area contributed by atoms with E-state index in [0.717, 1.165) is 24.3 Å². The van der Waals surface area contributed by atoms with Crippen LogP contribution >= 0.6 is 11.6 Å². The van der Waals surface area contributed by atoms with Gasteiger partial charge >= 0.3 is 0 Å². The molecule has 5 heteroatoms. The van der Waals surface area contributed by atoms with E-state index in [9.17, 15) is 4.79 Å². The largest absolute Gasteiger partial charge is 0.330 e. The van der Waals surface area contributed by atoms with Gasteiger partial charge in [0.25, 0.3) is 0 Å². The number of rotatable bonds is 7. The van der Waals surface area contributed by atoms with E-state index in [0.29, 0.717) is 18.1 Å². The summed E-state index contributed by atoms with van der Waals surface area (Å²) < 4.78 is 0. The third-order valence-corrected chi connectivity index (χ3v) is 3.97. The van der Waals surface area contributed by atoms with Gasteiger partial charge < -0.3 is 11.1 Å². The van der Waals surface area contributed by atoms with Crippen molar-refractivity contribution < 1.29 is 4.79 Å². The Kier molecular flexibility index (Phi) is 6.65. The van der Waals surface area contributed by atoms with Crippen LogP contribution in [-0.4, -0.2) is 37.0 Å². The van der Waals surface area contributed by atoms with Crippen LogP contribution in [0.1, 0.15) is 26.3 Å². The Hall–Kier alpha value is -1.10. The van der Waals surface area contributed by atoms with Crippen LogP contribution in [0.2, 0.25) is 5.02 Å². The van der Waals surface area contributed by atoms with Crippen LogP contribution in [0, 0.1) is 12.3 Å². The third-order valence-electron chi connectivity index (χ3n) is 3.56. The van der Waals surface area contributed by atoms with Crippen molar-refractivity contribution in [2.75, 3.05) is 31.5 Å². The molecule has 0 aromatic heterocycles. The minimum absolute atomic E-state index is 0.00224. The van der Waals surface area contributed by atoms with E-state index < -0.39 is 0 Å². The van der Waals surface area contributed by atoms with E-state index in [1.807, 2.05) is 32.0 Å². The molecule has 0 heterocycles. The lowest BCUT2D eigenvalue weighted by atomic mass is 9.93. The number of benzene rings is 1. The minimum Gasteiger partial charge on any atom is -0.330 e. The van der Waals surface area contributed by atoms with Gasteiger partial charge in [-0.2, -0.15) is 0 Å². The van der Waals surface area contributed by atoms with Gasteiger partial charge in [-0.3, -0.25) is 9.69 Å². The molecule has 1 rings (SSSR count). The van der Waals surface area contributed by atoms with E-state index in [2.05, 4.69) is 24.1 Å². The lowest BCUT2D eigenvalue weighted by molar-refractivity contribution is -0.117. The molecule has 3 N–H and O–H groups in total. The van der Waals surface area contributed by atoms with Crippen molar-refractivity contribution in [1.82, 2.24) is 4.90 Å². The van der Waals surface area contributed by atoms with Crippen molar-refractivity contribution in [2.45, 2.75) is 27.7 Å². The first-order chi connectivity index (χ1) is 9.79. The SMILES string of the molecule is CCN(CC(=O)Nc1cccc(Cl)c1C)CC(C)(C)CN. The summed E-state index contributed by atoms with van der Waals surface area (Å²) in [4.78, 5) is 14.3. The first kappa shape index (κ1) is 18.0. The molecular formula is C16H26ClN3O. The second kappa shape index (κ2) is 7.78. The Bertz CT molecular complexity index is 488. The number of likely N-dealkylation sites (N-methyl/N-ethyl adjacent to an activating group) is 1. The summed E-state index contributed by atoms with van der Waals surface area (Å²) in [5.74, 6) is -0.0324. The summed E-state index contributed by atoms with van der Waals surface area (Å²) in [5, 5.41) is 3.58. The normalized spacial score (nSPS) is 11.8. The average Bonchev–Trinajstić information content (AvgIpc) is 2.43. The summed E-state index contributed by atoms with van der Waals surface area (Å²) in [6.45, 7) is 10.7. The molecule has 21 heavy (non-hydrogen) atoms. The van der Waals surface area contributed by atoms with Crippen LogP contribution in [-0.2, 0) is 4.79 Å². The predicted octanol–water partition coefficient (Wildman–Crippen LogP) is 2.89. The van der Waals surface area contributed by atoms with Crippen LogP contribution in [0.25, 0.3) is 0 Å². The number of nitrogens with zero attached hydrogens (tertiary/aromatic N) is 1. The van der Waals surface area contributed by atoms with Gasteiger partial charge in [-0.25, -0.2) is 0 Å². The topological polar surface area (TPSA) is 58.4 Å². The molecule has 0 atom stereocenters. The van der Waals surface area contributed by atoms with Crippen LogP contribution in [0.3, 0.4) is 0 Å². The van der Waals surface area contributed by atoms with E-state index >= 15 is 0 Å².